The quantitative estimate of drug-likeness (QED) is 0.927. The molecule has 2 aromatic rings. The number of fused-ring (bicyclic) bond motifs is 1. The van der Waals surface area contributed by atoms with Crippen LogP contribution in [-0.2, 0) is 0 Å². The van der Waals surface area contributed by atoms with E-state index in [4.69, 9.17) is 4.98 Å². The van der Waals surface area contributed by atoms with Crippen molar-refractivity contribution in [1.82, 2.24) is 9.88 Å². The third-order valence-electron chi connectivity index (χ3n) is 4.52. The van der Waals surface area contributed by atoms with Gasteiger partial charge in [-0.2, -0.15) is 0 Å². The number of hydrogen-bond acceptors (Lipinski definition) is 3. The number of para-hydroxylation sites is 1. The molecule has 1 atom stereocenters. The van der Waals surface area contributed by atoms with Gasteiger partial charge in [-0.15, -0.1) is 0 Å². The van der Waals surface area contributed by atoms with Crippen LogP contribution in [0.25, 0.3) is 10.9 Å². The van der Waals surface area contributed by atoms with Gasteiger partial charge < -0.3 is 10.2 Å². The molecule has 0 bridgehead atoms. The van der Waals surface area contributed by atoms with E-state index in [2.05, 4.69) is 55.3 Å². The van der Waals surface area contributed by atoms with E-state index in [0.29, 0.717) is 6.04 Å². The van der Waals surface area contributed by atoms with Crippen LogP contribution in [0.5, 0.6) is 0 Å². The van der Waals surface area contributed by atoms with Crippen LogP contribution in [0.4, 0.5) is 5.82 Å². The van der Waals surface area contributed by atoms with Crippen LogP contribution >= 0.6 is 0 Å². The maximum Gasteiger partial charge on any atom is 0.129 e. The second-order valence-electron chi connectivity index (χ2n) is 6.47. The zero-order chi connectivity index (χ0) is 14.8. The highest BCUT2D eigenvalue weighted by Crippen LogP contribution is 2.22. The van der Waals surface area contributed by atoms with Crippen LogP contribution in [0.3, 0.4) is 0 Å². The highest BCUT2D eigenvalue weighted by Gasteiger charge is 2.23. The zero-order valence-corrected chi connectivity index (χ0v) is 13.3. The summed E-state index contributed by atoms with van der Waals surface area (Å²) in [6, 6.07) is 11.2. The lowest BCUT2D eigenvalue weighted by atomic mass is 10.1. The number of rotatable bonds is 4. The Morgan fingerprint density at radius 2 is 2.14 bits per heavy atom. The van der Waals surface area contributed by atoms with Gasteiger partial charge in [0, 0.05) is 24.5 Å². The first-order chi connectivity index (χ1) is 10.1. The maximum atomic E-state index is 4.77. The average molecular weight is 283 g/mol. The molecular weight excluding hydrogens is 258 g/mol. The summed E-state index contributed by atoms with van der Waals surface area (Å²) >= 11 is 0. The molecule has 3 nitrogen and oxygen atoms in total. The predicted octanol–water partition coefficient (Wildman–Crippen LogP) is 3.69. The molecule has 3 rings (SSSR count). The molecule has 1 aliphatic rings. The molecule has 21 heavy (non-hydrogen) atoms. The summed E-state index contributed by atoms with van der Waals surface area (Å²) in [6.45, 7) is 10.2. The van der Waals surface area contributed by atoms with E-state index in [1.165, 1.54) is 30.5 Å². The average Bonchev–Trinajstić information content (AvgIpc) is 2.94. The molecule has 0 spiro atoms. The number of aromatic nitrogens is 1. The molecule has 1 saturated heterocycles. The number of aryl methyl sites for hydroxylation is 1. The molecule has 0 aliphatic carbocycles. The van der Waals surface area contributed by atoms with Gasteiger partial charge in [-0.05, 0) is 57.4 Å². The standard InChI is InChI=1S/C18H25N3/c1-13(2)21-9-8-15(12-21)11-19-18-14(3)10-16-6-4-5-7-17(16)20-18/h4-7,10,13,15H,8-9,11-12H2,1-3H3,(H,19,20). The van der Waals surface area contributed by atoms with Gasteiger partial charge in [0.2, 0.25) is 0 Å². The highest BCUT2D eigenvalue weighted by molar-refractivity contribution is 5.81. The van der Waals surface area contributed by atoms with Crippen LogP contribution in [0.2, 0.25) is 0 Å². The summed E-state index contributed by atoms with van der Waals surface area (Å²) in [5.41, 5.74) is 2.30. The smallest absolute Gasteiger partial charge is 0.129 e. The second kappa shape index (κ2) is 6.02. The van der Waals surface area contributed by atoms with Gasteiger partial charge in [-0.3, -0.25) is 0 Å². The van der Waals surface area contributed by atoms with Gasteiger partial charge in [0.05, 0.1) is 5.52 Å². The number of nitrogens with zero attached hydrogens (tertiary/aromatic N) is 2. The Labute approximate surface area is 127 Å². The third kappa shape index (κ3) is 3.18. The van der Waals surface area contributed by atoms with Crippen molar-refractivity contribution < 1.29 is 0 Å². The summed E-state index contributed by atoms with van der Waals surface area (Å²) in [5, 5.41) is 4.78. The lowest BCUT2D eigenvalue weighted by molar-refractivity contribution is 0.266. The molecule has 3 heteroatoms. The molecule has 112 valence electrons. The normalized spacial score (nSPS) is 19.5. The molecule has 1 aromatic heterocycles. The van der Waals surface area contributed by atoms with Crippen LogP contribution in [0.15, 0.2) is 30.3 Å². The fourth-order valence-electron chi connectivity index (χ4n) is 3.14. The van der Waals surface area contributed by atoms with E-state index in [-0.39, 0.29) is 0 Å². The molecule has 1 N–H and O–H groups in total. The van der Waals surface area contributed by atoms with Crippen LogP contribution in [0.1, 0.15) is 25.8 Å². The number of anilines is 1. The number of hydrogen-bond donors (Lipinski definition) is 1. The molecule has 2 heterocycles. The van der Waals surface area contributed by atoms with Crippen molar-refractivity contribution in [1.29, 1.82) is 0 Å². The lowest BCUT2D eigenvalue weighted by Gasteiger charge is -2.20. The number of pyridine rings is 1. The van der Waals surface area contributed by atoms with E-state index < -0.39 is 0 Å². The molecule has 0 amide bonds. The number of likely N-dealkylation sites (tertiary alicyclic amines) is 1. The zero-order valence-electron chi connectivity index (χ0n) is 13.3. The second-order valence-corrected chi connectivity index (χ2v) is 6.47. The van der Waals surface area contributed by atoms with E-state index in [1.807, 2.05) is 6.07 Å². The molecular formula is C18H25N3. The first-order valence-electron chi connectivity index (χ1n) is 7.98. The minimum Gasteiger partial charge on any atom is -0.370 e. The van der Waals surface area contributed by atoms with Crippen molar-refractivity contribution >= 4 is 16.7 Å². The Balaban J connectivity index is 1.67. The minimum atomic E-state index is 0.663. The van der Waals surface area contributed by atoms with Gasteiger partial charge >= 0.3 is 0 Å². The van der Waals surface area contributed by atoms with E-state index in [0.717, 1.165) is 23.8 Å². The Morgan fingerprint density at radius 1 is 1.33 bits per heavy atom. The molecule has 0 saturated carbocycles. The van der Waals surface area contributed by atoms with Crippen LogP contribution in [0, 0.1) is 12.8 Å². The van der Waals surface area contributed by atoms with Crippen molar-refractivity contribution in [3.63, 3.8) is 0 Å². The summed E-state index contributed by atoms with van der Waals surface area (Å²) < 4.78 is 0. The largest absolute Gasteiger partial charge is 0.370 e. The van der Waals surface area contributed by atoms with Crippen LogP contribution < -0.4 is 5.32 Å². The highest BCUT2D eigenvalue weighted by atomic mass is 15.2. The monoisotopic (exact) mass is 283 g/mol. The summed E-state index contributed by atoms with van der Waals surface area (Å²) in [6.07, 6.45) is 1.29. The van der Waals surface area contributed by atoms with Gasteiger partial charge in [0.1, 0.15) is 5.82 Å². The van der Waals surface area contributed by atoms with Gasteiger partial charge in [-0.1, -0.05) is 18.2 Å². The lowest BCUT2D eigenvalue weighted by Crippen LogP contribution is -2.29. The van der Waals surface area contributed by atoms with Crippen molar-refractivity contribution in [2.24, 2.45) is 5.92 Å². The first-order valence-corrected chi connectivity index (χ1v) is 7.98. The van der Waals surface area contributed by atoms with E-state index >= 15 is 0 Å². The number of benzene rings is 1. The summed E-state index contributed by atoms with van der Waals surface area (Å²) in [7, 11) is 0. The van der Waals surface area contributed by atoms with Crippen molar-refractivity contribution in [3.05, 3.63) is 35.9 Å². The third-order valence-corrected chi connectivity index (χ3v) is 4.52. The van der Waals surface area contributed by atoms with E-state index in [1.54, 1.807) is 0 Å². The maximum absolute atomic E-state index is 4.77. The van der Waals surface area contributed by atoms with Crippen molar-refractivity contribution in [2.75, 3.05) is 25.0 Å². The Kier molecular flexibility index (Phi) is 4.11. The molecule has 1 unspecified atom stereocenters. The summed E-state index contributed by atoms with van der Waals surface area (Å²) in [4.78, 5) is 7.33. The molecule has 1 fully saturated rings. The summed E-state index contributed by atoms with van der Waals surface area (Å²) in [5.74, 6) is 1.77. The van der Waals surface area contributed by atoms with Gasteiger partial charge in [-0.25, -0.2) is 4.98 Å². The first kappa shape index (κ1) is 14.3. The predicted molar refractivity (Wildman–Crippen MR) is 89.8 cm³/mol. The molecule has 1 aliphatic heterocycles. The topological polar surface area (TPSA) is 28.2 Å². The molecule has 0 radical (unpaired) electrons. The SMILES string of the molecule is Cc1cc2ccccc2nc1NCC1CCN(C(C)C)C1. The van der Waals surface area contributed by atoms with Crippen molar-refractivity contribution in [2.45, 2.75) is 33.2 Å². The molecule has 1 aromatic carbocycles. The Bertz CT molecular complexity index is 621. The fourth-order valence-corrected chi connectivity index (χ4v) is 3.14. The van der Waals surface area contributed by atoms with Gasteiger partial charge in [0.25, 0.3) is 0 Å². The Morgan fingerprint density at radius 3 is 2.90 bits per heavy atom. The van der Waals surface area contributed by atoms with Crippen LogP contribution in [-0.4, -0.2) is 35.6 Å². The minimum absolute atomic E-state index is 0.663. The Hall–Kier alpha value is -1.61. The fraction of sp³-hybridized carbons (Fsp3) is 0.500. The van der Waals surface area contributed by atoms with Gasteiger partial charge in [0.15, 0.2) is 0 Å². The van der Waals surface area contributed by atoms with Crippen molar-refractivity contribution in [3.8, 4) is 0 Å². The number of nitrogens with one attached hydrogen (secondary N) is 1. The van der Waals surface area contributed by atoms with E-state index in [9.17, 15) is 0 Å².